The van der Waals surface area contributed by atoms with Gasteiger partial charge >= 0.3 is 0 Å². The maximum Gasteiger partial charge on any atom is 0.164 e. The average Bonchev–Trinajstić information content (AvgIpc) is 3.92. The molecule has 0 saturated heterocycles. The minimum absolute atomic E-state index is 0.584. The summed E-state index contributed by atoms with van der Waals surface area (Å²) in [5.41, 5.74) is 8.13. The van der Waals surface area contributed by atoms with Gasteiger partial charge in [0.1, 0.15) is 17.0 Å². The molecule has 4 aromatic heterocycles. The quantitative estimate of drug-likeness (QED) is 0.179. The van der Waals surface area contributed by atoms with Crippen LogP contribution in [0.2, 0.25) is 0 Å². The molecule has 0 bridgehead atoms. The van der Waals surface area contributed by atoms with Gasteiger partial charge in [0.15, 0.2) is 17.5 Å². The number of fused-ring (bicyclic) bond motifs is 7. The van der Waals surface area contributed by atoms with Crippen molar-refractivity contribution in [3.63, 3.8) is 0 Å². The normalized spacial score (nSPS) is 11.8. The number of nitrogens with zero attached hydrogens (tertiary/aromatic N) is 5. The van der Waals surface area contributed by atoms with Gasteiger partial charge in [-0.25, -0.2) is 19.9 Å². The van der Waals surface area contributed by atoms with Crippen LogP contribution in [-0.2, 0) is 0 Å². The summed E-state index contributed by atoms with van der Waals surface area (Å²) >= 11 is 1.79. The molecule has 0 N–H and O–H groups in total. The fourth-order valence-electron chi connectivity index (χ4n) is 7.46. The van der Waals surface area contributed by atoms with Crippen molar-refractivity contribution in [1.29, 1.82) is 0 Å². The SMILES string of the molecule is c1ccc(-c2nc(-c3ccc4c(c3)sc3ccccc34)nc(-c3cccc4oc5c(-c6nc7ccccc7n6-c6ccccc6)cccc5c34)n2)cc1. The van der Waals surface area contributed by atoms with Crippen molar-refractivity contribution < 1.29 is 4.42 Å². The smallest absolute Gasteiger partial charge is 0.164 e. The second-order valence-corrected chi connectivity index (χ2v) is 14.1. The van der Waals surface area contributed by atoms with Crippen molar-refractivity contribution in [2.24, 2.45) is 0 Å². The summed E-state index contributed by atoms with van der Waals surface area (Å²) < 4.78 is 11.4. The Balaban J connectivity index is 1.13. The van der Waals surface area contributed by atoms with Gasteiger partial charge in [0, 0.05) is 53.3 Å². The van der Waals surface area contributed by atoms with Crippen molar-refractivity contribution in [1.82, 2.24) is 24.5 Å². The minimum atomic E-state index is 0.584. The Morgan fingerprint density at radius 3 is 2.04 bits per heavy atom. The lowest BCUT2D eigenvalue weighted by atomic mass is 10.0. The summed E-state index contributed by atoms with van der Waals surface area (Å²) in [6.07, 6.45) is 0. The zero-order valence-corrected chi connectivity index (χ0v) is 29.0. The van der Waals surface area contributed by atoms with Gasteiger partial charge in [-0.1, -0.05) is 115 Å². The van der Waals surface area contributed by atoms with Crippen LogP contribution in [0.15, 0.2) is 168 Å². The molecule has 0 aliphatic rings. The maximum absolute atomic E-state index is 6.77. The van der Waals surface area contributed by atoms with Crippen molar-refractivity contribution in [2.45, 2.75) is 0 Å². The van der Waals surface area contributed by atoms with E-state index in [0.29, 0.717) is 17.5 Å². The molecule has 0 aliphatic carbocycles. The summed E-state index contributed by atoms with van der Waals surface area (Å²) in [4.78, 5) is 20.5. The summed E-state index contributed by atoms with van der Waals surface area (Å²) in [5, 5.41) is 4.41. The number of furan rings is 1. The highest BCUT2D eigenvalue weighted by atomic mass is 32.1. The molecule has 0 radical (unpaired) electrons. The fourth-order valence-corrected chi connectivity index (χ4v) is 8.61. The predicted molar refractivity (Wildman–Crippen MR) is 216 cm³/mol. The van der Waals surface area contributed by atoms with E-state index in [4.69, 9.17) is 24.4 Å². The second kappa shape index (κ2) is 11.8. The first kappa shape index (κ1) is 29.7. The number of para-hydroxylation sites is 4. The first-order chi connectivity index (χ1) is 26.3. The summed E-state index contributed by atoms with van der Waals surface area (Å²) in [7, 11) is 0. The number of hydrogen-bond acceptors (Lipinski definition) is 6. The van der Waals surface area contributed by atoms with Gasteiger partial charge in [-0.3, -0.25) is 4.57 Å². The number of imidazole rings is 1. The van der Waals surface area contributed by atoms with Crippen LogP contribution >= 0.6 is 11.3 Å². The van der Waals surface area contributed by atoms with Gasteiger partial charge in [-0.05, 0) is 48.5 Å². The van der Waals surface area contributed by atoms with Crippen molar-refractivity contribution in [3.8, 4) is 51.2 Å². The Morgan fingerprint density at radius 2 is 1.15 bits per heavy atom. The third kappa shape index (κ3) is 4.79. The number of thiophene rings is 1. The van der Waals surface area contributed by atoms with Crippen LogP contribution in [0.5, 0.6) is 0 Å². The molecule has 11 rings (SSSR count). The molecular weight excluding hydrogens is 671 g/mol. The van der Waals surface area contributed by atoms with Crippen LogP contribution in [0.4, 0.5) is 0 Å². The van der Waals surface area contributed by atoms with Gasteiger partial charge in [-0.15, -0.1) is 11.3 Å². The van der Waals surface area contributed by atoms with E-state index in [0.717, 1.165) is 66.7 Å². The van der Waals surface area contributed by atoms with Gasteiger partial charge in [0.2, 0.25) is 0 Å². The Labute approximate surface area is 307 Å². The van der Waals surface area contributed by atoms with Gasteiger partial charge < -0.3 is 4.42 Å². The molecule has 11 aromatic rings. The van der Waals surface area contributed by atoms with E-state index in [1.807, 2.05) is 54.6 Å². The van der Waals surface area contributed by atoms with E-state index in [1.54, 1.807) is 11.3 Å². The molecule has 0 amide bonds. The van der Waals surface area contributed by atoms with Crippen molar-refractivity contribution in [3.05, 3.63) is 164 Å². The van der Waals surface area contributed by atoms with Crippen molar-refractivity contribution in [2.75, 3.05) is 0 Å². The van der Waals surface area contributed by atoms with Crippen LogP contribution in [0.25, 0.3) is 104 Å². The van der Waals surface area contributed by atoms with E-state index in [2.05, 4.69) is 114 Å². The lowest BCUT2D eigenvalue weighted by molar-refractivity contribution is 0.669. The Hall–Kier alpha value is -6.96. The molecule has 0 aliphatic heterocycles. The van der Waals surface area contributed by atoms with Crippen LogP contribution < -0.4 is 0 Å². The molecule has 53 heavy (non-hydrogen) atoms. The highest BCUT2D eigenvalue weighted by molar-refractivity contribution is 7.25. The number of benzene rings is 7. The van der Waals surface area contributed by atoms with Crippen LogP contribution in [0.1, 0.15) is 0 Å². The van der Waals surface area contributed by atoms with Crippen LogP contribution in [0.3, 0.4) is 0 Å². The summed E-state index contributed by atoms with van der Waals surface area (Å²) in [6.45, 7) is 0. The third-order valence-corrected chi connectivity index (χ3v) is 11.0. The third-order valence-electron chi connectivity index (χ3n) is 9.88. The van der Waals surface area contributed by atoms with E-state index in [9.17, 15) is 0 Å². The standard InChI is InChI=1S/C46H27N5OS/c1-3-13-28(14-4-1)43-48-44(29-25-26-32-31-17-7-10-24-39(31)53-40(32)27-29)50-45(49-43)34-19-12-23-38-41(34)33-18-11-20-35(42(33)52-38)46-47-36-21-8-9-22-37(36)51(46)30-15-5-2-6-16-30/h1-27H. The number of hydrogen-bond donors (Lipinski definition) is 0. The monoisotopic (exact) mass is 697 g/mol. The molecule has 0 unspecified atom stereocenters. The van der Waals surface area contributed by atoms with Crippen LogP contribution in [-0.4, -0.2) is 24.5 Å². The zero-order valence-electron chi connectivity index (χ0n) is 28.1. The lowest BCUT2D eigenvalue weighted by Gasteiger charge is -2.10. The Bertz CT molecular complexity index is 3180. The lowest BCUT2D eigenvalue weighted by Crippen LogP contribution is -2.00. The molecule has 6 nitrogen and oxygen atoms in total. The molecule has 0 atom stereocenters. The molecule has 0 fully saturated rings. The largest absolute Gasteiger partial charge is 0.455 e. The molecular formula is C46H27N5OS. The Kier molecular flexibility index (Phi) is 6.62. The van der Waals surface area contributed by atoms with Gasteiger partial charge in [0.25, 0.3) is 0 Å². The molecule has 0 saturated carbocycles. The minimum Gasteiger partial charge on any atom is -0.455 e. The first-order valence-electron chi connectivity index (χ1n) is 17.5. The van der Waals surface area contributed by atoms with Crippen LogP contribution in [0, 0.1) is 0 Å². The molecule has 7 heteroatoms. The summed E-state index contributed by atoms with van der Waals surface area (Å²) in [6, 6.07) is 56.1. The van der Waals surface area contributed by atoms with E-state index >= 15 is 0 Å². The number of aromatic nitrogens is 5. The Morgan fingerprint density at radius 1 is 0.472 bits per heavy atom. The first-order valence-corrected chi connectivity index (χ1v) is 18.3. The second-order valence-electron chi connectivity index (χ2n) is 13.0. The molecule has 0 spiro atoms. The fraction of sp³-hybridized carbons (Fsp3) is 0. The average molecular weight is 698 g/mol. The number of rotatable bonds is 5. The van der Waals surface area contributed by atoms with Crippen molar-refractivity contribution >= 4 is 64.5 Å². The van der Waals surface area contributed by atoms with E-state index in [-0.39, 0.29) is 0 Å². The van der Waals surface area contributed by atoms with Gasteiger partial charge in [0.05, 0.1) is 16.6 Å². The topological polar surface area (TPSA) is 69.6 Å². The molecule has 4 heterocycles. The van der Waals surface area contributed by atoms with Gasteiger partial charge in [-0.2, -0.15) is 0 Å². The highest BCUT2D eigenvalue weighted by Gasteiger charge is 2.22. The maximum atomic E-state index is 6.77. The van der Waals surface area contributed by atoms with E-state index in [1.165, 1.54) is 20.2 Å². The summed E-state index contributed by atoms with van der Waals surface area (Å²) in [5.74, 6) is 2.63. The molecule has 7 aromatic carbocycles. The molecule has 248 valence electrons. The zero-order chi connectivity index (χ0) is 34.9. The highest BCUT2D eigenvalue weighted by Crippen LogP contribution is 2.42. The predicted octanol–water partition coefficient (Wildman–Crippen LogP) is 12.1. The van der Waals surface area contributed by atoms with E-state index < -0.39 is 0 Å².